The molecule has 86 valence electrons. The highest BCUT2D eigenvalue weighted by Crippen LogP contribution is 2.29. The van der Waals surface area contributed by atoms with Crippen LogP contribution in [0, 0.1) is 0 Å². The molecule has 0 amide bonds. The maximum absolute atomic E-state index is 3.77. The number of rotatable bonds is 7. The standard InChI is InChI=1S/C11H28N2Si/c1-7-11(6)14(10(4)5,12-8-2)13-9-3/h10-13H,7-9H2,1-6H3. The zero-order valence-electron chi connectivity index (χ0n) is 10.8. The first-order valence-corrected chi connectivity index (χ1v) is 8.20. The van der Waals surface area contributed by atoms with Crippen LogP contribution in [0.5, 0.6) is 0 Å². The van der Waals surface area contributed by atoms with E-state index in [1.807, 2.05) is 0 Å². The Hall–Kier alpha value is 0.137. The van der Waals surface area contributed by atoms with Crippen LogP contribution >= 0.6 is 0 Å². The first-order valence-electron chi connectivity index (χ1n) is 6.05. The second kappa shape index (κ2) is 6.59. The van der Waals surface area contributed by atoms with Crippen LogP contribution in [0.25, 0.3) is 0 Å². The fraction of sp³-hybridized carbons (Fsp3) is 1.00. The van der Waals surface area contributed by atoms with Gasteiger partial charge in [-0.2, -0.15) is 0 Å². The van der Waals surface area contributed by atoms with Gasteiger partial charge in [-0.15, -0.1) is 0 Å². The maximum atomic E-state index is 3.77. The van der Waals surface area contributed by atoms with E-state index in [-0.39, 0.29) is 0 Å². The van der Waals surface area contributed by atoms with E-state index in [1.54, 1.807) is 0 Å². The summed E-state index contributed by atoms with van der Waals surface area (Å²) in [6, 6.07) is 0. The quantitative estimate of drug-likeness (QED) is 0.640. The summed E-state index contributed by atoms with van der Waals surface area (Å²) in [7, 11) is -1.48. The molecular formula is C11H28N2Si. The largest absolute Gasteiger partial charge is 0.325 e. The second-order valence-corrected chi connectivity index (χ2v) is 8.98. The van der Waals surface area contributed by atoms with Gasteiger partial charge in [0.15, 0.2) is 0 Å². The van der Waals surface area contributed by atoms with Gasteiger partial charge in [0.25, 0.3) is 0 Å². The smallest absolute Gasteiger partial charge is 0.206 e. The van der Waals surface area contributed by atoms with Crippen LogP contribution in [0.3, 0.4) is 0 Å². The van der Waals surface area contributed by atoms with E-state index in [0.717, 1.165) is 24.2 Å². The highest BCUT2D eigenvalue weighted by molar-refractivity contribution is 6.77. The molecule has 0 aliphatic heterocycles. The van der Waals surface area contributed by atoms with Gasteiger partial charge in [-0.05, 0) is 24.2 Å². The van der Waals surface area contributed by atoms with Gasteiger partial charge in [0.2, 0.25) is 8.40 Å². The van der Waals surface area contributed by atoms with Crippen LogP contribution < -0.4 is 9.96 Å². The van der Waals surface area contributed by atoms with Crippen molar-refractivity contribution in [3.05, 3.63) is 0 Å². The molecule has 2 nitrogen and oxygen atoms in total. The van der Waals surface area contributed by atoms with Crippen LogP contribution in [0.15, 0.2) is 0 Å². The molecule has 0 radical (unpaired) electrons. The van der Waals surface area contributed by atoms with Gasteiger partial charge in [0.1, 0.15) is 0 Å². The van der Waals surface area contributed by atoms with Crippen LogP contribution in [-0.4, -0.2) is 21.5 Å². The molecule has 0 heterocycles. The maximum Gasteiger partial charge on any atom is 0.206 e. The summed E-state index contributed by atoms with van der Waals surface area (Å²) in [6.07, 6.45) is 1.27. The Labute approximate surface area is 91.0 Å². The van der Waals surface area contributed by atoms with E-state index >= 15 is 0 Å². The molecule has 0 aliphatic carbocycles. The predicted octanol–water partition coefficient (Wildman–Crippen LogP) is 2.86. The Morgan fingerprint density at radius 3 is 1.57 bits per heavy atom. The number of nitrogens with one attached hydrogen (secondary N) is 2. The van der Waals surface area contributed by atoms with Crippen molar-refractivity contribution in [2.24, 2.45) is 0 Å². The fourth-order valence-electron chi connectivity index (χ4n) is 2.30. The molecule has 0 bridgehead atoms. The van der Waals surface area contributed by atoms with Crippen LogP contribution in [0.1, 0.15) is 48.0 Å². The van der Waals surface area contributed by atoms with Crippen molar-refractivity contribution in [1.82, 2.24) is 9.96 Å². The van der Waals surface area contributed by atoms with E-state index < -0.39 is 8.40 Å². The normalized spacial score (nSPS) is 14.8. The van der Waals surface area contributed by atoms with Crippen molar-refractivity contribution in [1.29, 1.82) is 0 Å². The second-order valence-electron chi connectivity index (χ2n) is 4.39. The van der Waals surface area contributed by atoms with Crippen LogP contribution in [-0.2, 0) is 0 Å². The molecule has 0 aromatic rings. The molecule has 0 spiro atoms. The Morgan fingerprint density at radius 1 is 0.929 bits per heavy atom. The summed E-state index contributed by atoms with van der Waals surface area (Å²) in [4.78, 5) is 7.55. The Kier molecular flexibility index (Phi) is 6.65. The van der Waals surface area contributed by atoms with Gasteiger partial charge in [-0.3, -0.25) is 0 Å². The molecule has 14 heavy (non-hydrogen) atoms. The number of hydrogen-bond donors (Lipinski definition) is 2. The topological polar surface area (TPSA) is 24.1 Å². The molecule has 0 saturated carbocycles. The SMILES string of the molecule is CCN[Si](NCC)(C(C)C)C(C)CC. The molecule has 3 heteroatoms. The van der Waals surface area contributed by atoms with E-state index in [4.69, 9.17) is 0 Å². The molecular weight excluding hydrogens is 188 g/mol. The van der Waals surface area contributed by atoms with Crippen molar-refractivity contribution in [2.45, 2.75) is 59.0 Å². The summed E-state index contributed by atoms with van der Waals surface area (Å²) in [5.41, 5.74) is 1.54. The average molecular weight is 216 g/mol. The first kappa shape index (κ1) is 14.1. The molecule has 1 atom stereocenters. The summed E-state index contributed by atoms with van der Waals surface area (Å²) in [6.45, 7) is 16.0. The molecule has 0 aliphatic rings. The van der Waals surface area contributed by atoms with Gasteiger partial charge >= 0.3 is 0 Å². The average Bonchev–Trinajstić information content (AvgIpc) is 2.15. The number of hydrogen-bond acceptors (Lipinski definition) is 2. The minimum Gasteiger partial charge on any atom is -0.325 e. The molecule has 1 unspecified atom stereocenters. The van der Waals surface area contributed by atoms with Gasteiger partial charge in [-0.1, -0.05) is 48.0 Å². The lowest BCUT2D eigenvalue weighted by Gasteiger charge is -2.41. The Morgan fingerprint density at radius 2 is 1.36 bits per heavy atom. The monoisotopic (exact) mass is 216 g/mol. The van der Waals surface area contributed by atoms with Gasteiger partial charge < -0.3 is 9.96 Å². The van der Waals surface area contributed by atoms with Crippen molar-refractivity contribution < 1.29 is 0 Å². The highest BCUT2D eigenvalue weighted by atomic mass is 28.3. The summed E-state index contributed by atoms with van der Waals surface area (Å²) in [5, 5.41) is 0. The third-order valence-corrected chi connectivity index (χ3v) is 8.90. The van der Waals surface area contributed by atoms with E-state index in [2.05, 4.69) is 51.5 Å². The molecule has 0 rings (SSSR count). The van der Waals surface area contributed by atoms with Gasteiger partial charge in [0, 0.05) is 0 Å². The van der Waals surface area contributed by atoms with Crippen molar-refractivity contribution in [3.8, 4) is 0 Å². The Balaban J connectivity index is 4.72. The molecule has 0 saturated heterocycles. The minimum absolute atomic E-state index is 0.748. The van der Waals surface area contributed by atoms with Gasteiger partial charge in [0.05, 0.1) is 0 Å². The zero-order valence-corrected chi connectivity index (χ0v) is 11.8. The highest BCUT2D eigenvalue weighted by Gasteiger charge is 2.40. The van der Waals surface area contributed by atoms with E-state index in [0.29, 0.717) is 0 Å². The summed E-state index contributed by atoms with van der Waals surface area (Å²) >= 11 is 0. The summed E-state index contributed by atoms with van der Waals surface area (Å²) in [5.74, 6) is 0. The third-order valence-electron chi connectivity index (χ3n) is 3.24. The molecule has 0 aromatic carbocycles. The predicted molar refractivity (Wildman–Crippen MR) is 67.9 cm³/mol. The lowest BCUT2D eigenvalue weighted by Crippen LogP contribution is -2.66. The molecule has 0 aromatic heterocycles. The van der Waals surface area contributed by atoms with Crippen molar-refractivity contribution >= 4 is 8.40 Å². The van der Waals surface area contributed by atoms with Crippen molar-refractivity contribution in [3.63, 3.8) is 0 Å². The minimum atomic E-state index is -1.48. The lowest BCUT2D eigenvalue weighted by molar-refractivity contribution is 0.691. The van der Waals surface area contributed by atoms with Crippen molar-refractivity contribution in [2.75, 3.05) is 13.1 Å². The summed E-state index contributed by atoms with van der Waals surface area (Å²) < 4.78 is 0. The van der Waals surface area contributed by atoms with E-state index in [9.17, 15) is 0 Å². The van der Waals surface area contributed by atoms with Crippen LogP contribution in [0.2, 0.25) is 11.1 Å². The molecule has 0 fully saturated rings. The molecule has 2 N–H and O–H groups in total. The first-order chi connectivity index (χ1) is 6.55. The van der Waals surface area contributed by atoms with Crippen LogP contribution in [0.4, 0.5) is 0 Å². The third kappa shape index (κ3) is 3.07. The fourth-order valence-corrected chi connectivity index (χ4v) is 6.89. The Bertz CT molecular complexity index is 142. The van der Waals surface area contributed by atoms with E-state index in [1.165, 1.54) is 6.42 Å². The zero-order chi connectivity index (χ0) is 11.2. The van der Waals surface area contributed by atoms with Gasteiger partial charge in [-0.25, -0.2) is 0 Å². The lowest BCUT2D eigenvalue weighted by atomic mass is 10.4.